The molecular weight excluding hydrogens is 515 g/mol. The van der Waals surface area contributed by atoms with E-state index in [0.29, 0.717) is 39.6 Å². The van der Waals surface area contributed by atoms with E-state index >= 15 is 0 Å². The Hall–Kier alpha value is -4.56. The number of hydrogen-bond donors (Lipinski definition) is 2. The van der Waals surface area contributed by atoms with Crippen LogP contribution in [0.2, 0.25) is 0 Å². The van der Waals surface area contributed by atoms with Gasteiger partial charge in [-0.1, -0.05) is 48.5 Å². The van der Waals surface area contributed by atoms with Crippen molar-refractivity contribution in [2.24, 2.45) is 0 Å². The zero-order valence-corrected chi connectivity index (χ0v) is 22.3. The molecular formula is C31H27FN2O4S. The molecule has 39 heavy (non-hydrogen) atoms. The molecule has 198 valence electrons. The minimum Gasteiger partial charge on any atom is -0.493 e. The molecule has 4 aromatic rings. The molecule has 0 spiro atoms. The van der Waals surface area contributed by atoms with Crippen LogP contribution in [-0.2, 0) is 10.5 Å². The first-order valence-electron chi connectivity index (χ1n) is 12.0. The summed E-state index contributed by atoms with van der Waals surface area (Å²) in [5, 5.41) is 5.55. The van der Waals surface area contributed by atoms with E-state index in [1.165, 1.54) is 38.1 Å². The Morgan fingerprint density at radius 3 is 2.26 bits per heavy atom. The maximum Gasteiger partial charge on any atom is 0.272 e. The van der Waals surface area contributed by atoms with E-state index in [4.69, 9.17) is 9.47 Å². The van der Waals surface area contributed by atoms with Gasteiger partial charge in [0.2, 0.25) is 0 Å². The maximum atomic E-state index is 13.9. The predicted molar refractivity (Wildman–Crippen MR) is 152 cm³/mol. The quantitative estimate of drug-likeness (QED) is 0.176. The summed E-state index contributed by atoms with van der Waals surface area (Å²) in [7, 11) is 3.03. The molecule has 0 fully saturated rings. The van der Waals surface area contributed by atoms with E-state index in [1.807, 2.05) is 12.1 Å². The highest BCUT2D eigenvalue weighted by molar-refractivity contribution is 7.98. The number of rotatable bonds is 10. The molecule has 0 aliphatic rings. The maximum absolute atomic E-state index is 13.9. The lowest BCUT2D eigenvalue weighted by molar-refractivity contribution is -0.113. The van der Waals surface area contributed by atoms with Crippen LogP contribution in [0.25, 0.3) is 6.08 Å². The Bertz CT molecular complexity index is 1470. The number of carbonyl (C=O) groups is 2. The van der Waals surface area contributed by atoms with Gasteiger partial charge in [-0.2, -0.15) is 0 Å². The van der Waals surface area contributed by atoms with Crippen molar-refractivity contribution in [3.63, 3.8) is 0 Å². The second-order valence-corrected chi connectivity index (χ2v) is 9.37. The zero-order valence-electron chi connectivity index (χ0n) is 21.4. The van der Waals surface area contributed by atoms with Crippen molar-refractivity contribution in [2.45, 2.75) is 10.6 Å². The fourth-order valence-electron chi connectivity index (χ4n) is 3.73. The summed E-state index contributed by atoms with van der Waals surface area (Å²) in [4.78, 5) is 27.2. The lowest BCUT2D eigenvalue weighted by Crippen LogP contribution is -2.30. The molecule has 4 rings (SSSR count). The first-order valence-corrected chi connectivity index (χ1v) is 13.0. The first kappa shape index (κ1) is 27.5. The number of ether oxygens (including phenoxy) is 2. The third-order valence-electron chi connectivity index (χ3n) is 5.73. The standard InChI is InChI=1S/C31H27FN2O4S/c1-37-28-14-8-12-22(29(28)38-2)19-27(34-30(35)21-9-4-3-5-10-21)31(36)33-24-15-17-25(18-16-24)39-20-23-11-6-7-13-26(23)32/h3-19H,20H2,1-2H3,(H,33,36)(H,34,35)/b27-19-. The van der Waals surface area contributed by atoms with Crippen molar-refractivity contribution >= 4 is 35.3 Å². The third kappa shape index (κ3) is 7.27. The summed E-state index contributed by atoms with van der Waals surface area (Å²) in [5.41, 5.74) is 2.14. The van der Waals surface area contributed by atoms with Gasteiger partial charge in [0.25, 0.3) is 11.8 Å². The second kappa shape index (κ2) is 13.3. The number of halogens is 1. The smallest absolute Gasteiger partial charge is 0.272 e. The Morgan fingerprint density at radius 1 is 0.846 bits per heavy atom. The average Bonchev–Trinajstić information content (AvgIpc) is 2.97. The van der Waals surface area contributed by atoms with Gasteiger partial charge in [0, 0.05) is 27.5 Å². The fraction of sp³-hybridized carbons (Fsp3) is 0.0968. The molecule has 0 radical (unpaired) electrons. The van der Waals surface area contributed by atoms with Gasteiger partial charge in [-0.05, 0) is 60.2 Å². The van der Waals surface area contributed by atoms with Crippen LogP contribution in [0.1, 0.15) is 21.5 Å². The lowest BCUT2D eigenvalue weighted by Gasteiger charge is -2.14. The molecule has 2 amide bonds. The fourth-order valence-corrected chi connectivity index (χ4v) is 4.62. The SMILES string of the molecule is COc1cccc(/C=C(\NC(=O)c2ccccc2)C(=O)Nc2ccc(SCc3ccccc3F)cc2)c1OC. The van der Waals surface area contributed by atoms with Crippen LogP contribution in [0.3, 0.4) is 0 Å². The molecule has 0 heterocycles. The predicted octanol–water partition coefficient (Wildman–Crippen LogP) is 6.54. The summed E-state index contributed by atoms with van der Waals surface area (Å²) in [6.45, 7) is 0. The van der Waals surface area contributed by atoms with Crippen LogP contribution < -0.4 is 20.1 Å². The molecule has 0 bridgehead atoms. The van der Waals surface area contributed by atoms with E-state index in [0.717, 1.165) is 4.90 Å². The number of nitrogens with one attached hydrogen (secondary N) is 2. The topological polar surface area (TPSA) is 76.7 Å². The molecule has 8 heteroatoms. The normalized spacial score (nSPS) is 11.0. The zero-order chi connectivity index (χ0) is 27.6. The highest BCUT2D eigenvalue weighted by atomic mass is 32.2. The van der Waals surface area contributed by atoms with Gasteiger partial charge < -0.3 is 20.1 Å². The first-order chi connectivity index (χ1) is 19.0. The van der Waals surface area contributed by atoms with Gasteiger partial charge in [-0.3, -0.25) is 9.59 Å². The average molecular weight is 543 g/mol. The molecule has 6 nitrogen and oxygen atoms in total. The van der Waals surface area contributed by atoms with Gasteiger partial charge in [-0.15, -0.1) is 11.8 Å². The lowest BCUT2D eigenvalue weighted by atomic mass is 10.1. The van der Waals surface area contributed by atoms with Gasteiger partial charge in [0.05, 0.1) is 14.2 Å². The van der Waals surface area contributed by atoms with E-state index < -0.39 is 11.8 Å². The highest BCUT2D eigenvalue weighted by Crippen LogP contribution is 2.32. The molecule has 2 N–H and O–H groups in total. The Balaban J connectivity index is 1.54. The Labute approximate surface area is 230 Å². The van der Waals surface area contributed by atoms with Crippen molar-refractivity contribution in [1.82, 2.24) is 5.32 Å². The van der Waals surface area contributed by atoms with Crippen molar-refractivity contribution < 1.29 is 23.5 Å². The molecule has 0 unspecified atom stereocenters. The van der Waals surface area contributed by atoms with E-state index in [9.17, 15) is 14.0 Å². The van der Waals surface area contributed by atoms with E-state index in [-0.39, 0.29) is 11.5 Å². The summed E-state index contributed by atoms with van der Waals surface area (Å²) in [5.74, 6) is 0.214. The van der Waals surface area contributed by atoms with Crippen LogP contribution in [0.5, 0.6) is 11.5 Å². The number of methoxy groups -OCH3 is 2. The van der Waals surface area contributed by atoms with E-state index in [2.05, 4.69) is 10.6 Å². The van der Waals surface area contributed by atoms with Gasteiger partial charge >= 0.3 is 0 Å². The number of hydrogen-bond acceptors (Lipinski definition) is 5. The molecule has 0 saturated heterocycles. The minimum atomic E-state index is -0.518. The van der Waals surface area contributed by atoms with Crippen molar-refractivity contribution in [2.75, 3.05) is 19.5 Å². The Kier molecular flexibility index (Phi) is 9.37. The molecule has 4 aromatic carbocycles. The van der Waals surface area contributed by atoms with Crippen molar-refractivity contribution in [1.29, 1.82) is 0 Å². The number of carbonyl (C=O) groups excluding carboxylic acids is 2. The van der Waals surface area contributed by atoms with Gasteiger partial charge in [0.15, 0.2) is 11.5 Å². The largest absolute Gasteiger partial charge is 0.493 e. The molecule has 0 aliphatic heterocycles. The summed E-state index contributed by atoms with van der Waals surface area (Å²) in [6.07, 6.45) is 1.54. The molecule has 0 aromatic heterocycles. The second-order valence-electron chi connectivity index (χ2n) is 8.32. The van der Waals surface area contributed by atoms with Gasteiger partial charge in [-0.25, -0.2) is 4.39 Å². The molecule has 0 aliphatic carbocycles. The third-order valence-corrected chi connectivity index (χ3v) is 6.79. The van der Waals surface area contributed by atoms with Crippen LogP contribution in [0.4, 0.5) is 10.1 Å². The highest BCUT2D eigenvalue weighted by Gasteiger charge is 2.17. The van der Waals surface area contributed by atoms with Crippen molar-refractivity contribution in [3.8, 4) is 11.5 Å². The summed E-state index contributed by atoms with van der Waals surface area (Å²) < 4.78 is 24.8. The van der Waals surface area contributed by atoms with Gasteiger partial charge in [0.1, 0.15) is 11.5 Å². The number of benzene rings is 4. The molecule has 0 atom stereocenters. The van der Waals surface area contributed by atoms with E-state index in [1.54, 1.807) is 78.9 Å². The molecule has 0 saturated carbocycles. The number of para-hydroxylation sites is 1. The minimum absolute atomic E-state index is 0.0217. The van der Waals surface area contributed by atoms with Crippen LogP contribution in [0.15, 0.2) is 108 Å². The monoisotopic (exact) mass is 542 g/mol. The van der Waals surface area contributed by atoms with Crippen LogP contribution >= 0.6 is 11.8 Å². The number of thioether (sulfide) groups is 1. The number of amides is 2. The van der Waals surface area contributed by atoms with Crippen LogP contribution in [-0.4, -0.2) is 26.0 Å². The Morgan fingerprint density at radius 2 is 1.56 bits per heavy atom. The van der Waals surface area contributed by atoms with Crippen molar-refractivity contribution in [3.05, 3.63) is 125 Å². The number of anilines is 1. The summed E-state index contributed by atoms with van der Waals surface area (Å²) in [6, 6.07) is 27.7. The van der Waals surface area contributed by atoms with Crippen LogP contribution in [0, 0.1) is 5.82 Å². The summed E-state index contributed by atoms with van der Waals surface area (Å²) >= 11 is 1.49.